The predicted octanol–water partition coefficient (Wildman–Crippen LogP) is 3.02. The van der Waals surface area contributed by atoms with Crippen molar-refractivity contribution in [1.82, 2.24) is 5.32 Å². The zero-order chi connectivity index (χ0) is 15.1. The molecule has 5 heteroatoms. The number of nitrogens with one attached hydrogen (secondary N) is 1. The van der Waals surface area contributed by atoms with Gasteiger partial charge in [0.1, 0.15) is 5.82 Å². The topological polar surface area (TPSA) is 50.7 Å². The lowest BCUT2D eigenvalue weighted by molar-refractivity contribution is -0.131. The fourth-order valence-corrected chi connectivity index (χ4v) is 2.21. The number of carbonyl (C=O) groups excluding carboxylic acids is 1. The smallest absolute Gasteiger partial charge is 0.264 e. The molecule has 1 unspecified atom stereocenters. The van der Waals surface area contributed by atoms with E-state index in [1.54, 1.807) is 12.1 Å². The number of carbonyl (C=O) groups is 1. The summed E-state index contributed by atoms with van der Waals surface area (Å²) in [6.45, 7) is 2.82. The molecule has 1 aliphatic heterocycles. The van der Waals surface area contributed by atoms with Crippen molar-refractivity contribution in [3.8, 4) is 0 Å². The zero-order valence-corrected chi connectivity index (χ0v) is 12.3. The molecule has 4 nitrogen and oxygen atoms in total. The third-order valence-corrected chi connectivity index (χ3v) is 3.47. The van der Waals surface area contributed by atoms with Gasteiger partial charge in [-0.3, -0.25) is 4.79 Å². The van der Waals surface area contributed by atoms with E-state index >= 15 is 0 Å². The Labute approximate surface area is 124 Å². The fraction of sp³-hybridized carbons (Fsp3) is 0.500. The Hall–Kier alpha value is -1.91. The van der Waals surface area contributed by atoms with Crippen molar-refractivity contribution in [2.24, 2.45) is 5.16 Å². The molecule has 1 N–H and O–H groups in total. The van der Waals surface area contributed by atoms with Crippen LogP contribution in [0.5, 0.6) is 0 Å². The highest BCUT2D eigenvalue weighted by atomic mass is 19.1. The van der Waals surface area contributed by atoms with Gasteiger partial charge in [0.2, 0.25) is 6.10 Å². The molecule has 1 heterocycles. The van der Waals surface area contributed by atoms with Crippen LogP contribution in [-0.2, 0) is 9.63 Å². The Balaban J connectivity index is 1.75. The van der Waals surface area contributed by atoms with Gasteiger partial charge < -0.3 is 10.2 Å². The van der Waals surface area contributed by atoms with Gasteiger partial charge in [0.05, 0.1) is 5.71 Å². The van der Waals surface area contributed by atoms with Gasteiger partial charge >= 0.3 is 0 Å². The van der Waals surface area contributed by atoms with E-state index in [9.17, 15) is 9.18 Å². The Bertz CT molecular complexity index is 500. The molecule has 114 valence electrons. The van der Waals surface area contributed by atoms with Gasteiger partial charge in [-0.15, -0.1) is 0 Å². The van der Waals surface area contributed by atoms with E-state index in [1.165, 1.54) is 25.0 Å². The molecule has 0 radical (unpaired) electrons. The first kappa shape index (κ1) is 15.5. The van der Waals surface area contributed by atoms with Crippen LogP contribution >= 0.6 is 0 Å². The van der Waals surface area contributed by atoms with Crippen LogP contribution in [0.1, 0.15) is 44.6 Å². The number of hydrogen-bond donors (Lipinski definition) is 1. The largest absolute Gasteiger partial charge is 0.382 e. The van der Waals surface area contributed by atoms with E-state index in [1.807, 2.05) is 0 Å². The maximum absolute atomic E-state index is 12.9. The number of benzene rings is 1. The van der Waals surface area contributed by atoms with Crippen LogP contribution in [0, 0.1) is 5.82 Å². The minimum absolute atomic E-state index is 0.132. The Morgan fingerprint density at radius 2 is 2.10 bits per heavy atom. The number of oxime groups is 1. The van der Waals surface area contributed by atoms with Gasteiger partial charge in [-0.2, -0.15) is 0 Å². The third-order valence-electron chi connectivity index (χ3n) is 3.47. The monoisotopic (exact) mass is 292 g/mol. The molecule has 1 amide bonds. The van der Waals surface area contributed by atoms with E-state index in [-0.39, 0.29) is 11.7 Å². The molecule has 21 heavy (non-hydrogen) atoms. The molecule has 0 saturated heterocycles. The molecule has 0 aromatic heterocycles. The normalized spacial score (nSPS) is 17.2. The third kappa shape index (κ3) is 4.55. The second-order valence-corrected chi connectivity index (χ2v) is 5.19. The Kier molecular flexibility index (Phi) is 5.72. The average Bonchev–Trinajstić information content (AvgIpc) is 2.97. The lowest BCUT2D eigenvalue weighted by Crippen LogP contribution is -2.35. The van der Waals surface area contributed by atoms with E-state index in [0.29, 0.717) is 18.7 Å². The molecule has 0 aliphatic carbocycles. The molecule has 0 spiro atoms. The highest BCUT2D eigenvalue weighted by Gasteiger charge is 2.28. The van der Waals surface area contributed by atoms with Crippen LogP contribution in [0.2, 0.25) is 0 Å². The highest BCUT2D eigenvalue weighted by Crippen LogP contribution is 2.17. The maximum Gasteiger partial charge on any atom is 0.264 e. The summed E-state index contributed by atoms with van der Waals surface area (Å²) >= 11 is 0. The summed E-state index contributed by atoms with van der Waals surface area (Å²) in [5.41, 5.74) is 1.47. The number of hydrogen-bond acceptors (Lipinski definition) is 3. The molecule has 0 saturated carbocycles. The predicted molar refractivity (Wildman–Crippen MR) is 79.6 cm³/mol. The second kappa shape index (κ2) is 7.76. The van der Waals surface area contributed by atoms with Gasteiger partial charge in [0.15, 0.2) is 0 Å². The summed E-state index contributed by atoms with van der Waals surface area (Å²) in [5.74, 6) is -0.424. The SMILES string of the molecule is CCCCCCNC(=O)C1CC(c2ccc(F)cc2)=NO1. The second-order valence-electron chi connectivity index (χ2n) is 5.19. The minimum Gasteiger partial charge on any atom is -0.382 e. The van der Waals surface area contributed by atoms with Crippen LogP contribution in [-0.4, -0.2) is 24.3 Å². The van der Waals surface area contributed by atoms with Gasteiger partial charge in [-0.25, -0.2) is 4.39 Å². The average molecular weight is 292 g/mol. The first-order valence-electron chi connectivity index (χ1n) is 7.47. The number of amides is 1. The molecule has 1 atom stereocenters. The van der Waals surface area contributed by atoms with Crippen molar-refractivity contribution in [3.63, 3.8) is 0 Å². The molecular formula is C16H21FN2O2. The number of halogens is 1. The first-order chi connectivity index (χ1) is 10.2. The quantitative estimate of drug-likeness (QED) is 0.785. The van der Waals surface area contributed by atoms with Crippen molar-refractivity contribution < 1.29 is 14.0 Å². The van der Waals surface area contributed by atoms with Crippen LogP contribution < -0.4 is 5.32 Å². The van der Waals surface area contributed by atoms with Crippen molar-refractivity contribution in [3.05, 3.63) is 35.6 Å². The van der Waals surface area contributed by atoms with E-state index in [0.717, 1.165) is 18.4 Å². The summed E-state index contributed by atoms with van der Waals surface area (Å²) in [4.78, 5) is 17.1. The van der Waals surface area contributed by atoms with Gasteiger partial charge in [0.25, 0.3) is 5.91 Å². The van der Waals surface area contributed by atoms with E-state index in [4.69, 9.17) is 4.84 Å². The maximum atomic E-state index is 12.9. The molecule has 1 aliphatic rings. The van der Waals surface area contributed by atoms with Gasteiger partial charge in [0, 0.05) is 13.0 Å². The van der Waals surface area contributed by atoms with E-state index in [2.05, 4.69) is 17.4 Å². The number of rotatable bonds is 7. The molecule has 1 aromatic carbocycles. The molecule has 0 fully saturated rings. The van der Waals surface area contributed by atoms with Gasteiger partial charge in [-0.1, -0.05) is 43.5 Å². The lowest BCUT2D eigenvalue weighted by atomic mass is 10.0. The van der Waals surface area contributed by atoms with Crippen LogP contribution in [0.3, 0.4) is 0 Å². The van der Waals surface area contributed by atoms with Crippen molar-refractivity contribution in [1.29, 1.82) is 0 Å². The van der Waals surface area contributed by atoms with Gasteiger partial charge in [-0.05, 0) is 24.1 Å². The molecular weight excluding hydrogens is 271 g/mol. The number of nitrogens with zero attached hydrogens (tertiary/aromatic N) is 1. The van der Waals surface area contributed by atoms with Crippen LogP contribution in [0.4, 0.5) is 4.39 Å². The molecule has 1 aromatic rings. The molecule has 2 rings (SSSR count). The van der Waals surface area contributed by atoms with E-state index < -0.39 is 6.10 Å². The van der Waals surface area contributed by atoms with Crippen molar-refractivity contribution in [2.45, 2.75) is 45.1 Å². The summed E-state index contributed by atoms with van der Waals surface area (Å²) in [6, 6.07) is 6.03. The summed E-state index contributed by atoms with van der Waals surface area (Å²) in [7, 11) is 0. The Morgan fingerprint density at radius 1 is 1.33 bits per heavy atom. The highest BCUT2D eigenvalue weighted by molar-refractivity contribution is 6.04. The van der Waals surface area contributed by atoms with Crippen molar-refractivity contribution >= 4 is 11.6 Å². The Morgan fingerprint density at radius 3 is 2.81 bits per heavy atom. The standard InChI is InChI=1S/C16H21FN2O2/c1-2-3-4-5-10-18-16(20)15-11-14(19-21-15)12-6-8-13(17)9-7-12/h6-9,15H,2-5,10-11H2,1H3,(H,18,20). The zero-order valence-electron chi connectivity index (χ0n) is 12.3. The minimum atomic E-state index is -0.573. The first-order valence-corrected chi connectivity index (χ1v) is 7.47. The van der Waals surface area contributed by atoms with Crippen LogP contribution in [0.15, 0.2) is 29.4 Å². The van der Waals surface area contributed by atoms with Crippen molar-refractivity contribution in [2.75, 3.05) is 6.54 Å². The van der Waals surface area contributed by atoms with Crippen LogP contribution in [0.25, 0.3) is 0 Å². The summed E-state index contributed by atoms with van der Waals surface area (Å²) in [5, 5.41) is 6.80. The lowest BCUT2D eigenvalue weighted by Gasteiger charge is -2.09. The summed E-state index contributed by atoms with van der Waals surface area (Å²) in [6.07, 6.45) is 4.32. The fourth-order valence-electron chi connectivity index (χ4n) is 2.21. The summed E-state index contributed by atoms with van der Waals surface area (Å²) < 4.78 is 12.9. The molecule has 0 bridgehead atoms. The number of unbranched alkanes of at least 4 members (excludes halogenated alkanes) is 3.